The predicted octanol–water partition coefficient (Wildman–Crippen LogP) is 4.17. The maximum Gasteiger partial charge on any atom is 0.290 e. The van der Waals surface area contributed by atoms with Gasteiger partial charge in [0, 0.05) is 30.6 Å². The van der Waals surface area contributed by atoms with Crippen LogP contribution < -0.4 is 0 Å². The number of carbonyl (C=O) groups is 1. The van der Waals surface area contributed by atoms with Gasteiger partial charge < -0.3 is 14.1 Å². The summed E-state index contributed by atoms with van der Waals surface area (Å²) in [6.07, 6.45) is 0.878. The lowest BCUT2D eigenvalue weighted by Crippen LogP contribution is -2.36. The van der Waals surface area contributed by atoms with Crippen molar-refractivity contribution in [3.63, 3.8) is 0 Å². The van der Waals surface area contributed by atoms with Gasteiger partial charge in [0.2, 0.25) is 0 Å². The summed E-state index contributed by atoms with van der Waals surface area (Å²) in [5.74, 6) is 0.356. The van der Waals surface area contributed by atoms with Gasteiger partial charge in [0.05, 0.1) is 6.61 Å². The van der Waals surface area contributed by atoms with Gasteiger partial charge >= 0.3 is 0 Å². The van der Waals surface area contributed by atoms with Gasteiger partial charge in [-0.1, -0.05) is 42.5 Å². The van der Waals surface area contributed by atoms with Gasteiger partial charge in [-0.25, -0.2) is 0 Å². The summed E-state index contributed by atoms with van der Waals surface area (Å²) in [6, 6.07) is 16.1. The van der Waals surface area contributed by atoms with Crippen molar-refractivity contribution >= 4 is 16.9 Å². The molecule has 4 heteroatoms. The summed E-state index contributed by atoms with van der Waals surface area (Å²) in [4.78, 5) is 15.0. The molecule has 1 aromatic heterocycles. The van der Waals surface area contributed by atoms with E-state index in [0.29, 0.717) is 32.1 Å². The summed E-state index contributed by atoms with van der Waals surface area (Å²) in [7, 11) is 0. The summed E-state index contributed by atoms with van der Waals surface area (Å²) in [6.45, 7) is 4.27. The molecule has 1 aliphatic rings. The Morgan fingerprint density at radius 2 is 1.88 bits per heavy atom. The van der Waals surface area contributed by atoms with Crippen LogP contribution in [-0.4, -0.2) is 24.0 Å². The van der Waals surface area contributed by atoms with Gasteiger partial charge in [0.1, 0.15) is 5.58 Å². The second-order valence-electron chi connectivity index (χ2n) is 6.29. The summed E-state index contributed by atoms with van der Waals surface area (Å²) in [5, 5.41) is 0.955. The van der Waals surface area contributed by atoms with E-state index in [1.165, 1.54) is 11.1 Å². The number of hydrogen-bond donors (Lipinski definition) is 0. The van der Waals surface area contributed by atoms with E-state index in [1.54, 1.807) is 0 Å². The Morgan fingerprint density at radius 3 is 2.72 bits per heavy atom. The lowest BCUT2D eigenvalue weighted by atomic mass is 9.99. The highest BCUT2D eigenvalue weighted by Crippen LogP contribution is 2.29. The van der Waals surface area contributed by atoms with Crippen LogP contribution in [0.5, 0.6) is 0 Å². The van der Waals surface area contributed by atoms with Crippen LogP contribution in [0.2, 0.25) is 0 Å². The van der Waals surface area contributed by atoms with Crippen LogP contribution in [0.1, 0.15) is 34.2 Å². The van der Waals surface area contributed by atoms with E-state index in [0.717, 1.165) is 23.0 Å². The van der Waals surface area contributed by atoms with Crippen molar-refractivity contribution in [2.75, 3.05) is 13.2 Å². The molecule has 3 aromatic rings. The molecule has 4 rings (SSSR count). The third-order valence-electron chi connectivity index (χ3n) is 4.76. The van der Waals surface area contributed by atoms with Crippen molar-refractivity contribution in [3.8, 4) is 0 Å². The number of benzene rings is 2. The third-order valence-corrected chi connectivity index (χ3v) is 4.76. The number of para-hydroxylation sites is 1. The summed E-state index contributed by atoms with van der Waals surface area (Å²) >= 11 is 0. The third kappa shape index (κ3) is 2.94. The lowest BCUT2D eigenvalue weighted by molar-refractivity contribution is 0.0694. The molecular formula is C21H21NO3. The fourth-order valence-corrected chi connectivity index (χ4v) is 3.43. The molecule has 128 valence electrons. The Balaban J connectivity index is 1.68. The first kappa shape index (κ1) is 15.9. The molecule has 0 fully saturated rings. The molecule has 4 nitrogen and oxygen atoms in total. The highest BCUT2D eigenvalue weighted by atomic mass is 16.5. The average Bonchev–Trinajstić information content (AvgIpc) is 3.04. The van der Waals surface area contributed by atoms with Gasteiger partial charge in [-0.2, -0.15) is 0 Å². The highest BCUT2D eigenvalue weighted by molar-refractivity contribution is 5.99. The maximum absolute atomic E-state index is 13.1. The van der Waals surface area contributed by atoms with E-state index in [2.05, 4.69) is 18.2 Å². The molecule has 2 heterocycles. The number of ether oxygens (including phenoxy) is 1. The summed E-state index contributed by atoms with van der Waals surface area (Å²) < 4.78 is 11.5. The SMILES string of the molecule is CCOCc1c(C(=O)N2CCc3ccccc3C2)oc2ccccc12. The van der Waals surface area contributed by atoms with Crippen molar-refractivity contribution in [1.82, 2.24) is 4.90 Å². The minimum absolute atomic E-state index is 0.0552. The van der Waals surface area contributed by atoms with Crippen molar-refractivity contribution in [3.05, 3.63) is 71.0 Å². The molecule has 1 amide bonds. The minimum Gasteiger partial charge on any atom is -0.451 e. The van der Waals surface area contributed by atoms with E-state index >= 15 is 0 Å². The number of furan rings is 1. The Bertz CT molecular complexity index is 912. The van der Waals surface area contributed by atoms with Gasteiger partial charge in [-0.15, -0.1) is 0 Å². The van der Waals surface area contributed by atoms with E-state index in [9.17, 15) is 4.79 Å². The van der Waals surface area contributed by atoms with Gasteiger partial charge in [-0.05, 0) is 30.5 Å². The predicted molar refractivity (Wildman–Crippen MR) is 96.4 cm³/mol. The van der Waals surface area contributed by atoms with Crippen LogP contribution in [0.4, 0.5) is 0 Å². The maximum atomic E-state index is 13.1. The van der Waals surface area contributed by atoms with E-state index in [4.69, 9.17) is 9.15 Å². The molecule has 0 saturated heterocycles. The fraction of sp³-hybridized carbons (Fsp3) is 0.286. The average molecular weight is 335 g/mol. The quantitative estimate of drug-likeness (QED) is 0.719. The molecule has 0 bridgehead atoms. The fourth-order valence-electron chi connectivity index (χ4n) is 3.43. The molecule has 0 atom stereocenters. The van der Waals surface area contributed by atoms with Gasteiger partial charge in [0.15, 0.2) is 5.76 Å². The molecule has 25 heavy (non-hydrogen) atoms. The largest absolute Gasteiger partial charge is 0.451 e. The second kappa shape index (κ2) is 6.73. The second-order valence-corrected chi connectivity index (χ2v) is 6.29. The van der Waals surface area contributed by atoms with Crippen molar-refractivity contribution < 1.29 is 13.9 Å². The van der Waals surface area contributed by atoms with Crippen LogP contribution in [0, 0.1) is 0 Å². The Kier molecular flexibility index (Phi) is 4.28. The Morgan fingerprint density at radius 1 is 1.12 bits per heavy atom. The number of rotatable bonds is 4. The van der Waals surface area contributed by atoms with Gasteiger partial charge in [-0.3, -0.25) is 4.79 Å². The number of fused-ring (bicyclic) bond motifs is 2. The zero-order valence-electron chi connectivity index (χ0n) is 14.3. The van der Waals surface area contributed by atoms with E-state index in [-0.39, 0.29) is 5.91 Å². The number of nitrogens with zero attached hydrogens (tertiary/aromatic N) is 1. The van der Waals surface area contributed by atoms with Crippen LogP contribution in [-0.2, 0) is 24.3 Å². The minimum atomic E-state index is -0.0552. The van der Waals surface area contributed by atoms with Crippen molar-refractivity contribution in [1.29, 1.82) is 0 Å². The Labute approximate surface area is 147 Å². The van der Waals surface area contributed by atoms with E-state index in [1.807, 2.05) is 42.2 Å². The molecule has 0 aliphatic carbocycles. The topological polar surface area (TPSA) is 42.7 Å². The van der Waals surface area contributed by atoms with Crippen molar-refractivity contribution in [2.45, 2.75) is 26.5 Å². The Hall–Kier alpha value is -2.59. The molecule has 0 radical (unpaired) electrons. The number of carbonyl (C=O) groups excluding carboxylic acids is 1. The van der Waals surface area contributed by atoms with Crippen LogP contribution in [0.3, 0.4) is 0 Å². The smallest absolute Gasteiger partial charge is 0.290 e. The molecular weight excluding hydrogens is 314 g/mol. The van der Waals surface area contributed by atoms with Crippen molar-refractivity contribution in [2.24, 2.45) is 0 Å². The first-order valence-electron chi connectivity index (χ1n) is 8.72. The standard InChI is InChI=1S/C21H21NO3/c1-2-24-14-18-17-9-5-6-10-19(17)25-20(18)21(23)22-12-11-15-7-3-4-8-16(15)13-22/h3-10H,2,11-14H2,1H3. The lowest BCUT2D eigenvalue weighted by Gasteiger charge is -2.28. The van der Waals surface area contributed by atoms with Crippen LogP contribution in [0.15, 0.2) is 52.9 Å². The monoisotopic (exact) mass is 335 g/mol. The normalized spacial score (nSPS) is 13.9. The summed E-state index contributed by atoms with van der Waals surface area (Å²) in [5.41, 5.74) is 4.12. The first-order chi connectivity index (χ1) is 12.3. The molecule has 0 spiro atoms. The number of amides is 1. The van der Waals surface area contributed by atoms with E-state index < -0.39 is 0 Å². The number of hydrogen-bond acceptors (Lipinski definition) is 3. The zero-order valence-corrected chi connectivity index (χ0v) is 14.3. The van der Waals surface area contributed by atoms with Gasteiger partial charge in [0.25, 0.3) is 5.91 Å². The first-order valence-corrected chi connectivity index (χ1v) is 8.72. The highest BCUT2D eigenvalue weighted by Gasteiger charge is 2.27. The molecule has 0 N–H and O–H groups in total. The molecule has 1 aliphatic heterocycles. The zero-order chi connectivity index (χ0) is 17.2. The molecule has 0 saturated carbocycles. The molecule has 0 unspecified atom stereocenters. The van der Waals surface area contributed by atoms with Crippen LogP contribution >= 0.6 is 0 Å². The van der Waals surface area contributed by atoms with Crippen LogP contribution in [0.25, 0.3) is 11.0 Å². The molecule has 2 aromatic carbocycles.